The zero-order chi connectivity index (χ0) is 47.1. The molecule has 0 spiro atoms. The summed E-state index contributed by atoms with van der Waals surface area (Å²) in [5.74, 6) is -0.206. The van der Waals surface area contributed by atoms with Crippen molar-refractivity contribution < 1.29 is 32.9 Å². The molecule has 0 aliphatic carbocycles. The molecule has 0 aromatic heterocycles. The van der Waals surface area contributed by atoms with Crippen molar-refractivity contribution in [3.05, 3.63) is 36.5 Å². The first kappa shape index (κ1) is 62.7. The molecule has 378 valence electrons. The van der Waals surface area contributed by atoms with Crippen molar-refractivity contribution in [2.24, 2.45) is 0 Å². The van der Waals surface area contributed by atoms with E-state index in [1.807, 2.05) is 27.2 Å². The molecule has 0 bridgehead atoms. The molecule has 0 saturated heterocycles. The Labute approximate surface area is 397 Å². The number of amides is 1. The van der Waals surface area contributed by atoms with E-state index >= 15 is 0 Å². The van der Waals surface area contributed by atoms with Crippen LogP contribution in [0.25, 0.3) is 0 Å². The summed E-state index contributed by atoms with van der Waals surface area (Å²) in [6.45, 7) is 4.65. The fourth-order valence-corrected chi connectivity index (χ4v) is 8.71. The number of phosphoric acid groups is 1. The van der Waals surface area contributed by atoms with E-state index in [2.05, 4.69) is 43.5 Å². The van der Waals surface area contributed by atoms with Crippen LogP contribution in [0.2, 0.25) is 0 Å². The number of nitrogens with one attached hydrogen (secondary N) is 1. The Bertz CT molecular complexity index is 1140. The molecule has 0 aromatic carbocycles. The predicted octanol–water partition coefficient (Wildman–Crippen LogP) is 15.6. The van der Waals surface area contributed by atoms with Gasteiger partial charge in [-0.15, -0.1) is 0 Å². The average molecular weight is 923 g/mol. The fourth-order valence-electron chi connectivity index (χ4n) is 7.99. The van der Waals surface area contributed by atoms with Gasteiger partial charge in [0, 0.05) is 6.42 Å². The first-order valence-corrected chi connectivity index (χ1v) is 28.8. The predicted molar refractivity (Wildman–Crippen MR) is 275 cm³/mol. The molecular formula is C55H107N2O6P. The van der Waals surface area contributed by atoms with Crippen molar-refractivity contribution in [2.45, 2.75) is 270 Å². The minimum absolute atomic E-state index is 0.00578. The Morgan fingerprint density at radius 2 is 0.875 bits per heavy atom. The fraction of sp³-hybridized carbons (Fsp3) is 0.873. The van der Waals surface area contributed by atoms with E-state index in [1.165, 1.54) is 199 Å². The molecule has 0 rings (SSSR count). The van der Waals surface area contributed by atoms with Crippen molar-refractivity contribution in [3.8, 4) is 0 Å². The van der Waals surface area contributed by atoms with Crippen LogP contribution >= 0.6 is 7.82 Å². The summed E-state index contributed by atoms with van der Waals surface area (Å²) in [7, 11) is 1.25. The molecule has 0 aliphatic rings. The van der Waals surface area contributed by atoms with Crippen LogP contribution in [0.3, 0.4) is 0 Å². The highest BCUT2D eigenvalue weighted by Gasteiger charge is 2.23. The van der Waals surface area contributed by atoms with Crippen LogP contribution in [0.15, 0.2) is 36.5 Å². The van der Waals surface area contributed by atoms with Crippen LogP contribution in [-0.4, -0.2) is 68.5 Å². The maximum Gasteiger partial charge on any atom is 0.268 e. The Morgan fingerprint density at radius 3 is 1.27 bits per heavy atom. The second-order valence-electron chi connectivity index (χ2n) is 19.9. The first-order chi connectivity index (χ1) is 31.0. The molecule has 3 unspecified atom stereocenters. The lowest BCUT2D eigenvalue weighted by Crippen LogP contribution is -2.45. The summed E-state index contributed by atoms with van der Waals surface area (Å²) < 4.78 is 23.3. The summed E-state index contributed by atoms with van der Waals surface area (Å²) in [4.78, 5) is 25.4. The number of carbonyl (C=O) groups excluding carboxylic acids is 1. The number of aliphatic hydroxyl groups excluding tert-OH is 1. The average Bonchev–Trinajstić information content (AvgIpc) is 3.25. The van der Waals surface area contributed by atoms with Crippen molar-refractivity contribution in [3.63, 3.8) is 0 Å². The Kier molecular flexibility index (Phi) is 45.9. The molecule has 8 nitrogen and oxygen atoms in total. The number of likely N-dealkylation sites (N-methyl/N-ethyl adjacent to an activating group) is 1. The second-order valence-corrected chi connectivity index (χ2v) is 21.3. The molecular weight excluding hydrogens is 816 g/mol. The van der Waals surface area contributed by atoms with Crippen LogP contribution in [-0.2, 0) is 18.4 Å². The molecule has 2 N–H and O–H groups in total. The number of hydrogen-bond acceptors (Lipinski definition) is 6. The molecule has 3 atom stereocenters. The van der Waals surface area contributed by atoms with Crippen molar-refractivity contribution in [1.82, 2.24) is 5.32 Å². The minimum Gasteiger partial charge on any atom is -0.756 e. The largest absolute Gasteiger partial charge is 0.756 e. The lowest BCUT2D eigenvalue weighted by molar-refractivity contribution is -0.870. The van der Waals surface area contributed by atoms with Gasteiger partial charge >= 0.3 is 0 Å². The normalized spacial score (nSPS) is 14.3. The molecule has 1 amide bonds. The summed E-state index contributed by atoms with van der Waals surface area (Å²) in [6, 6.07) is -0.903. The number of unbranched alkanes of at least 4 members (excludes halogenated alkanes) is 33. The number of carbonyl (C=O) groups is 1. The topological polar surface area (TPSA) is 108 Å². The number of allylic oxidation sites excluding steroid dienone is 5. The van der Waals surface area contributed by atoms with E-state index in [9.17, 15) is 19.4 Å². The van der Waals surface area contributed by atoms with Crippen molar-refractivity contribution >= 4 is 13.7 Å². The van der Waals surface area contributed by atoms with Crippen LogP contribution in [0.4, 0.5) is 0 Å². The number of phosphoric ester groups is 1. The third kappa shape index (κ3) is 48.6. The van der Waals surface area contributed by atoms with Crippen LogP contribution in [0, 0.1) is 0 Å². The Balaban J connectivity index is 4.28. The van der Waals surface area contributed by atoms with Gasteiger partial charge in [-0.05, 0) is 57.8 Å². The third-order valence-electron chi connectivity index (χ3n) is 12.3. The van der Waals surface area contributed by atoms with Crippen molar-refractivity contribution in [2.75, 3.05) is 40.9 Å². The number of hydrogen-bond donors (Lipinski definition) is 2. The van der Waals surface area contributed by atoms with E-state index in [-0.39, 0.29) is 12.5 Å². The van der Waals surface area contributed by atoms with Gasteiger partial charge in [-0.25, -0.2) is 0 Å². The van der Waals surface area contributed by atoms with E-state index in [0.29, 0.717) is 17.4 Å². The zero-order valence-electron chi connectivity index (χ0n) is 43.0. The molecule has 0 fully saturated rings. The molecule has 0 radical (unpaired) electrons. The minimum atomic E-state index is -4.60. The van der Waals surface area contributed by atoms with E-state index in [1.54, 1.807) is 6.08 Å². The summed E-state index contributed by atoms with van der Waals surface area (Å²) >= 11 is 0. The van der Waals surface area contributed by atoms with E-state index < -0.39 is 26.6 Å². The maximum atomic E-state index is 12.9. The monoisotopic (exact) mass is 923 g/mol. The van der Waals surface area contributed by atoms with Gasteiger partial charge in [-0.1, -0.05) is 230 Å². The van der Waals surface area contributed by atoms with Crippen LogP contribution < -0.4 is 10.2 Å². The highest BCUT2D eigenvalue weighted by atomic mass is 31.2. The number of nitrogens with zero attached hydrogens (tertiary/aromatic N) is 1. The number of quaternary nitrogens is 1. The molecule has 0 saturated carbocycles. The lowest BCUT2D eigenvalue weighted by Gasteiger charge is -2.29. The quantitative estimate of drug-likeness (QED) is 0.0272. The third-order valence-corrected chi connectivity index (χ3v) is 13.3. The van der Waals surface area contributed by atoms with Crippen LogP contribution in [0.1, 0.15) is 258 Å². The van der Waals surface area contributed by atoms with E-state index in [4.69, 9.17) is 9.05 Å². The van der Waals surface area contributed by atoms with Gasteiger partial charge in [0.2, 0.25) is 5.91 Å². The Morgan fingerprint density at radius 1 is 0.531 bits per heavy atom. The Hall–Kier alpha value is -1.28. The highest BCUT2D eigenvalue weighted by molar-refractivity contribution is 7.45. The zero-order valence-corrected chi connectivity index (χ0v) is 43.9. The van der Waals surface area contributed by atoms with Crippen molar-refractivity contribution in [1.29, 1.82) is 0 Å². The highest BCUT2D eigenvalue weighted by Crippen LogP contribution is 2.38. The number of aliphatic hydroxyl groups is 1. The van der Waals surface area contributed by atoms with Gasteiger partial charge in [-0.3, -0.25) is 9.36 Å². The molecule has 0 aromatic rings. The molecule has 0 aliphatic heterocycles. The summed E-state index contributed by atoms with van der Waals surface area (Å²) in [6.07, 6.45) is 59.3. The van der Waals surface area contributed by atoms with Gasteiger partial charge < -0.3 is 28.8 Å². The number of rotatable bonds is 50. The smallest absolute Gasteiger partial charge is 0.268 e. The van der Waals surface area contributed by atoms with Gasteiger partial charge in [0.1, 0.15) is 13.2 Å². The van der Waals surface area contributed by atoms with Gasteiger partial charge in [-0.2, -0.15) is 0 Å². The van der Waals surface area contributed by atoms with E-state index in [0.717, 1.165) is 38.5 Å². The molecule has 0 heterocycles. The van der Waals surface area contributed by atoms with Gasteiger partial charge in [0.05, 0.1) is 39.9 Å². The molecule has 9 heteroatoms. The maximum absolute atomic E-state index is 12.9. The molecule has 64 heavy (non-hydrogen) atoms. The first-order valence-electron chi connectivity index (χ1n) is 27.4. The van der Waals surface area contributed by atoms with Gasteiger partial charge in [0.25, 0.3) is 7.82 Å². The summed E-state index contributed by atoms with van der Waals surface area (Å²) in [5.41, 5.74) is 0. The second kappa shape index (κ2) is 46.8. The lowest BCUT2D eigenvalue weighted by atomic mass is 10.0. The SMILES string of the molecule is CCCCCCCCCC/C=C\CCCCCCCCCCCCCC(=O)NC(COP(=O)([O-])OCC[N+](C)(C)C)C(O)/C=C/CC/C=C/CCCCCCCCCCCCCCC. The van der Waals surface area contributed by atoms with Gasteiger partial charge in [0.15, 0.2) is 0 Å². The van der Waals surface area contributed by atoms with Crippen LogP contribution in [0.5, 0.6) is 0 Å². The summed E-state index contributed by atoms with van der Waals surface area (Å²) in [5, 5.41) is 13.8. The standard InChI is InChI=1S/C55H107N2O6P/c1-6-8-10-12-14-16-18-20-22-24-26-27-28-29-31-33-35-37-39-41-43-45-47-49-55(59)56-53(52-63-64(60,61)62-51-50-57(3,4)5)54(58)48-46-44-42-40-38-36-34-32-30-25-23-21-19-17-15-13-11-9-7-2/h24,26,38,40,46,48,53-54,58H,6-23,25,27-37,39,41-45,47,49-52H2,1-5H3,(H-,56,59,60,61)/b26-24-,40-38+,48-46+.